The number of ether oxygens (including phenoxy) is 3. The minimum Gasteiger partial charge on any atom is -0.491 e. The van der Waals surface area contributed by atoms with E-state index >= 15 is 0 Å². The fraction of sp³-hybridized carbons (Fsp3) is 0.378. The molecule has 49 heavy (non-hydrogen) atoms. The summed E-state index contributed by atoms with van der Waals surface area (Å²) in [4.78, 5) is 15.2. The maximum atomic E-state index is 12.8. The van der Waals surface area contributed by atoms with E-state index < -0.39 is 5.79 Å². The second-order valence-corrected chi connectivity index (χ2v) is 13.6. The van der Waals surface area contributed by atoms with Crippen LogP contribution in [0.15, 0.2) is 96.3 Å². The Morgan fingerprint density at radius 1 is 1.00 bits per heavy atom. The molecule has 2 aliphatic heterocycles. The summed E-state index contributed by atoms with van der Waals surface area (Å²) >= 11 is 12.8. The molecule has 0 radical (unpaired) electrons. The van der Waals surface area contributed by atoms with E-state index in [1.165, 1.54) is 11.3 Å². The van der Waals surface area contributed by atoms with E-state index in [9.17, 15) is 4.79 Å². The summed E-state index contributed by atoms with van der Waals surface area (Å²) in [6, 6.07) is 23.8. The monoisotopic (exact) mass is 702 g/mol. The Kier molecular flexibility index (Phi) is 9.82. The summed E-state index contributed by atoms with van der Waals surface area (Å²) in [6.07, 6.45) is 7.85. The predicted octanol–water partition coefficient (Wildman–Crippen LogP) is 7.24. The zero-order valence-corrected chi connectivity index (χ0v) is 29.1. The quantitative estimate of drug-likeness (QED) is 0.143. The number of nitrogens with zero attached hydrogens (tertiary/aromatic N) is 6. The molecule has 2 saturated heterocycles. The van der Waals surface area contributed by atoms with Gasteiger partial charge in [0.05, 0.1) is 29.9 Å². The van der Waals surface area contributed by atoms with Crippen LogP contribution in [0.25, 0.3) is 5.69 Å². The highest BCUT2D eigenvalue weighted by Gasteiger charge is 2.45. The third-order valence-corrected chi connectivity index (χ3v) is 10.2. The average molecular weight is 704 g/mol. The Balaban J connectivity index is 0.925. The molecule has 2 fully saturated rings. The van der Waals surface area contributed by atoms with E-state index in [0.29, 0.717) is 41.3 Å². The van der Waals surface area contributed by atoms with Crippen LogP contribution in [0.3, 0.4) is 0 Å². The molecule has 0 N–H and O–H groups in total. The molecule has 2 aliphatic rings. The lowest BCUT2D eigenvalue weighted by Crippen LogP contribution is -2.35. The Hall–Kier alpha value is -4.09. The molecule has 12 heteroatoms. The first-order chi connectivity index (χ1) is 23.8. The highest BCUT2D eigenvalue weighted by atomic mass is 35.5. The first-order valence-corrected chi connectivity index (χ1v) is 17.6. The van der Waals surface area contributed by atoms with Crippen LogP contribution in [-0.4, -0.2) is 56.5 Å². The number of benzene rings is 3. The van der Waals surface area contributed by atoms with Gasteiger partial charge in [-0.15, -0.1) is 0 Å². The number of aromatic nitrogens is 5. The molecule has 4 heterocycles. The van der Waals surface area contributed by atoms with E-state index in [1.54, 1.807) is 38.6 Å². The van der Waals surface area contributed by atoms with Crippen LogP contribution in [0.4, 0.5) is 5.69 Å². The Morgan fingerprint density at radius 3 is 2.45 bits per heavy atom. The molecule has 0 spiro atoms. The molecule has 10 nitrogen and oxygen atoms in total. The van der Waals surface area contributed by atoms with Crippen LogP contribution >= 0.6 is 23.2 Å². The van der Waals surface area contributed by atoms with Gasteiger partial charge >= 0.3 is 5.69 Å². The van der Waals surface area contributed by atoms with Gasteiger partial charge in [-0.3, -0.25) is 4.68 Å². The van der Waals surface area contributed by atoms with Crippen LogP contribution in [0.2, 0.25) is 10.0 Å². The Labute approximate surface area is 295 Å². The summed E-state index contributed by atoms with van der Waals surface area (Å²) in [6.45, 7) is 7.00. The van der Waals surface area contributed by atoms with Gasteiger partial charge in [0, 0.05) is 41.8 Å². The number of rotatable bonds is 11. The van der Waals surface area contributed by atoms with Crippen molar-refractivity contribution < 1.29 is 14.2 Å². The third kappa shape index (κ3) is 7.14. The zero-order valence-electron chi connectivity index (χ0n) is 27.6. The largest absolute Gasteiger partial charge is 0.491 e. The van der Waals surface area contributed by atoms with Crippen LogP contribution < -0.4 is 15.3 Å². The molecular formula is C37H40Cl2N6O4. The van der Waals surface area contributed by atoms with Gasteiger partial charge in [-0.1, -0.05) is 48.3 Å². The molecule has 1 unspecified atom stereocenters. The Bertz CT molecular complexity index is 1900. The summed E-state index contributed by atoms with van der Waals surface area (Å²) in [5.41, 5.74) is 3.90. The number of halogens is 2. The Morgan fingerprint density at radius 2 is 1.76 bits per heavy atom. The lowest BCUT2D eigenvalue weighted by atomic mass is 9.89. The van der Waals surface area contributed by atoms with Crippen molar-refractivity contribution in [3.8, 4) is 11.4 Å². The van der Waals surface area contributed by atoms with Crippen LogP contribution in [-0.2, 0) is 21.8 Å². The van der Waals surface area contributed by atoms with Crippen molar-refractivity contribution >= 4 is 28.9 Å². The molecule has 0 saturated carbocycles. The smallest absolute Gasteiger partial charge is 0.350 e. The van der Waals surface area contributed by atoms with Crippen molar-refractivity contribution in [2.24, 2.45) is 0 Å². The van der Waals surface area contributed by atoms with Gasteiger partial charge in [0.25, 0.3) is 0 Å². The van der Waals surface area contributed by atoms with Gasteiger partial charge in [0.2, 0.25) is 5.79 Å². The van der Waals surface area contributed by atoms with Crippen molar-refractivity contribution in [2.75, 3.05) is 31.2 Å². The molecule has 7 rings (SSSR count). The molecule has 0 bridgehead atoms. The van der Waals surface area contributed by atoms with Crippen LogP contribution in [0, 0.1) is 0 Å². The molecule has 3 aromatic carbocycles. The number of piperidine rings is 1. The van der Waals surface area contributed by atoms with Gasteiger partial charge < -0.3 is 19.1 Å². The summed E-state index contributed by atoms with van der Waals surface area (Å²) in [5, 5.41) is 9.67. The summed E-state index contributed by atoms with van der Waals surface area (Å²) < 4.78 is 23.9. The van der Waals surface area contributed by atoms with Gasteiger partial charge in [0.1, 0.15) is 24.8 Å². The summed E-state index contributed by atoms with van der Waals surface area (Å²) in [5.74, 6) is 0.153. The lowest BCUT2D eigenvalue weighted by Gasteiger charge is -2.34. The van der Waals surface area contributed by atoms with Gasteiger partial charge in [-0.2, -0.15) is 10.2 Å². The van der Waals surface area contributed by atoms with E-state index in [2.05, 4.69) is 46.3 Å². The molecular weight excluding hydrogens is 663 g/mol. The fourth-order valence-electron chi connectivity index (χ4n) is 6.65. The number of hydrogen-bond donors (Lipinski definition) is 0. The molecule has 0 aliphatic carbocycles. The second-order valence-electron chi connectivity index (χ2n) is 12.8. The molecule has 2 aromatic heterocycles. The normalized spacial score (nSPS) is 20.5. The van der Waals surface area contributed by atoms with Gasteiger partial charge in [0.15, 0.2) is 0 Å². The average Bonchev–Trinajstić information content (AvgIpc) is 3.88. The number of anilines is 1. The van der Waals surface area contributed by atoms with Crippen molar-refractivity contribution in [1.82, 2.24) is 24.1 Å². The first kappa shape index (κ1) is 33.4. The number of hydrogen-bond acceptors (Lipinski definition) is 7. The molecule has 256 valence electrons. The van der Waals surface area contributed by atoms with E-state index in [-0.39, 0.29) is 17.8 Å². The van der Waals surface area contributed by atoms with Gasteiger partial charge in [-0.05, 0) is 92.3 Å². The summed E-state index contributed by atoms with van der Waals surface area (Å²) in [7, 11) is 0. The first-order valence-electron chi connectivity index (χ1n) is 16.8. The minimum absolute atomic E-state index is 0.0707. The molecule has 3 atom stereocenters. The highest BCUT2D eigenvalue weighted by molar-refractivity contribution is 6.35. The van der Waals surface area contributed by atoms with Crippen LogP contribution in [0.5, 0.6) is 5.75 Å². The van der Waals surface area contributed by atoms with E-state index in [0.717, 1.165) is 43.8 Å². The van der Waals surface area contributed by atoms with Gasteiger partial charge in [-0.25, -0.2) is 14.0 Å². The second kappa shape index (κ2) is 14.4. The topological polar surface area (TPSA) is 88.6 Å². The van der Waals surface area contributed by atoms with Crippen molar-refractivity contribution in [3.05, 3.63) is 123 Å². The fourth-order valence-corrected chi connectivity index (χ4v) is 7.20. The molecule has 0 amide bonds. The van der Waals surface area contributed by atoms with Crippen molar-refractivity contribution in [3.63, 3.8) is 0 Å². The minimum atomic E-state index is -1.11. The lowest BCUT2D eigenvalue weighted by molar-refractivity contribution is -0.190. The SMILES string of the molecule is CCC(C)n1ncn(-c2ccc(N3CCC(c4ccc(OC[C@@H]5CO[C@@](Cn6cccn6)(c6ccc(Cl)cc6Cl)O5)cc4)CC3)cc2)c1=O. The maximum Gasteiger partial charge on any atom is 0.350 e. The van der Waals surface area contributed by atoms with E-state index in [4.69, 9.17) is 37.4 Å². The standard InChI is InChI=1S/C37H40Cl2N6O4/c1-3-26(2)45-36(46)44(25-41-45)31-10-8-30(9-11-31)42-19-15-28(16-20-42)27-5-12-32(13-6-27)47-22-33-23-48-37(49-33,24-43-18-4-17-40-43)34-14-7-29(38)21-35(34)39/h4-14,17-18,21,25-26,28,33H,3,15-16,19-20,22-24H2,1-2H3/t26?,33-,37-/m1/s1. The van der Waals surface area contributed by atoms with Crippen molar-refractivity contribution in [2.45, 2.75) is 63.5 Å². The highest BCUT2D eigenvalue weighted by Crippen LogP contribution is 2.40. The van der Waals surface area contributed by atoms with Crippen molar-refractivity contribution in [1.29, 1.82) is 0 Å². The molecule has 5 aromatic rings. The zero-order chi connectivity index (χ0) is 34.0. The van der Waals surface area contributed by atoms with Crippen LogP contribution in [0.1, 0.15) is 56.2 Å². The third-order valence-electron chi connectivity index (χ3n) is 9.61. The predicted molar refractivity (Wildman–Crippen MR) is 190 cm³/mol. The van der Waals surface area contributed by atoms with E-state index in [1.807, 2.05) is 49.5 Å². The maximum absolute atomic E-state index is 12.8.